The summed E-state index contributed by atoms with van der Waals surface area (Å²) in [5.41, 5.74) is 6.48. The summed E-state index contributed by atoms with van der Waals surface area (Å²) in [7, 11) is 2.29. The lowest BCUT2D eigenvalue weighted by Crippen LogP contribution is -2.44. The topological polar surface area (TPSA) is 29.3 Å². The molecule has 0 amide bonds. The zero-order valence-electron chi connectivity index (χ0n) is 10.3. The summed E-state index contributed by atoms with van der Waals surface area (Å²) in [5.74, 6) is 0.884. The molecular formula is C13H26N2. The van der Waals surface area contributed by atoms with Gasteiger partial charge in [0.2, 0.25) is 0 Å². The van der Waals surface area contributed by atoms with Crippen LogP contribution in [0.5, 0.6) is 0 Å². The van der Waals surface area contributed by atoms with Gasteiger partial charge in [0.15, 0.2) is 0 Å². The molecule has 0 bridgehead atoms. The third-order valence-electron chi connectivity index (χ3n) is 4.37. The summed E-state index contributed by atoms with van der Waals surface area (Å²) in [5, 5.41) is 0. The molecule has 0 spiro atoms. The second-order valence-electron chi connectivity index (χ2n) is 6.05. The fourth-order valence-electron chi connectivity index (χ4n) is 3.34. The molecule has 0 aromatic carbocycles. The zero-order chi connectivity index (χ0) is 10.9. The average Bonchev–Trinajstić information content (AvgIpc) is 3.00. The first-order valence-corrected chi connectivity index (χ1v) is 6.55. The second kappa shape index (κ2) is 4.42. The maximum Gasteiger partial charge on any atom is 0.00936 e. The molecule has 2 heteroatoms. The third-order valence-corrected chi connectivity index (χ3v) is 4.37. The van der Waals surface area contributed by atoms with Crippen LogP contribution in [0.4, 0.5) is 0 Å². The predicted octanol–water partition coefficient (Wildman–Crippen LogP) is 2.24. The van der Waals surface area contributed by atoms with Gasteiger partial charge in [-0.15, -0.1) is 0 Å². The van der Waals surface area contributed by atoms with Gasteiger partial charge in [-0.1, -0.05) is 19.8 Å². The Kier molecular flexibility index (Phi) is 3.36. The molecule has 2 nitrogen and oxygen atoms in total. The van der Waals surface area contributed by atoms with E-state index in [1.807, 2.05) is 0 Å². The first-order chi connectivity index (χ1) is 7.15. The van der Waals surface area contributed by atoms with Crippen LogP contribution in [0.2, 0.25) is 0 Å². The van der Waals surface area contributed by atoms with Gasteiger partial charge in [-0.3, -0.25) is 0 Å². The lowest BCUT2D eigenvalue weighted by molar-refractivity contribution is 0.0978. The molecule has 15 heavy (non-hydrogen) atoms. The van der Waals surface area contributed by atoms with Crippen molar-refractivity contribution in [2.24, 2.45) is 17.1 Å². The van der Waals surface area contributed by atoms with Crippen molar-refractivity contribution in [3.05, 3.63) is 0 Å². The molecule has 2 atom stereocenters. The first kappa shape index (κ1) is 11.4. The summed E-state index contributed by atoms with van der Waals surface area (Å²) < 4.78 is 0. The van der Waals surface area contributed by atoms with Gasteiger partial charge in [-0.2, -0.15) is 0 Å². The van der Waals surface area contributed by atoms with Crippen LogP contribution >= 0.6 is 0 Å². The van der Waals surface area contributed by atoms with E-state index < -0.39 is 0 Å². The van der Waals surface area contributed by atoms with Crippen molar-refractivity contribution >= 4 is 0 Å². The van der Waals surface area contributed by atoms with E-state index in [1.54, 1.807) is 0 Å². The largest absolute Gasteiger partial charge is 0.330 e. The molecule has 2 rings (SSSR count). The van der Waals surface area contributed by atoms with Gasteiger partial charge in [0.1, 0.15) is 0 Å². The minimum absolute atomic E-state index is 0.439. The molecule has 0 aromatic heterocycles. The Morgan fingerprint density at radius 1 is 1.33 bits per heavy atom. The van der Waals surface area contributed by atoms with Crippen LogP contribution < -0.4 is 5.73 Å². The van der Waals surface area contributed by atoms with Crippen molar-refractivity contribution in [2.75, 3.05) is 20.1 Å². The highest BCUT2D eigenvalue weighted by molar-refractivity contribution is 4.92. The highest BCUT2D eigenvalue weighted by atomic mass is 15.2. The van der Waals surface area contributed by atoms with Gasteiger partial charge in [0, 0.05) is 12.6 Å². The van der Waals surface area contributed by atoms with Gasteiger partial charge in [-0.05, 0) is 50.6 Å². The van der Waals surface area contributed by atoms with E-state index in [9.17, 15) is 0 Å². The second-order valence-corrected chi connectivity index (χ2v) is 6.05. The van der Waals surface area contributed by atoms with Gasteiger partial charge in [0.05, 0.1) is 0 Å². The van der Waals surface area contributed by atoms with E-state index in [4.69, 9.17) is 5.73 Å². The van der Waals surface area contributed by atoms with Crippen LogP contribution in [0.3, 0.4) is 0 Å². The molecule has 0 saturated heterocycles. The fraction of sp³-hybridized carbons (Fsp3) is 1.00. The molecule has 0 aromatic rings. The van der Waals surface area contributed by atoms with Crippen LogP contribution in [-0.4, -0.2) is 31.1 Å². The fourth-order valence-corrected chi connectivity index (χ4v) is 3.34. The smallest absolute Gasteiger partial charge is 0.00936 e. The van der Waals surface area contributed by atoms with Crippen molar-refractivity contribution < 1.29 is 0 Å². The normalized spacial score (nSPS) is 37.2. The third kappa shape index (κ3) is 2.73. The number of nitrogens with zero attached hydrogens (tertiary/aromatic N) is 1. The Morgan fingerprint density at radius 3 is 2.60 bits per heavy atom. The van der Waals surface area contributed by atoms with Crippen molar-refractivity contribution in [2.45, 2.75) is 51.5 Å². The maximum absolute atomic E-state index is 6.04. The SMILES string of the molecule is CC1CCCC(CN)(CN(C)C2CC2)C1. The van der Waals surface area contributed by atoms with Crippen molar-refractivity contribution in [3.8, 4) is 0 Å². The molecule has 0 radical (unpaired) electrons. The molecule has 88 valence electrons. The molecule has 2 saturated carbocycles. The molecule has 2 unspecified atom stereocenters. The van der Waals surface area contributed by atoms with E-state index in [0.29, 0.717) is 5.41 Å². The summed E-state index contributed by atoms with van der Waals surface area (Å²) in [6, 6.07) is 0.880. The molecular weight excluding hydrogens is 184 g/mol. The van der Waals surface area contributed by atoms with Gasteiger partial charge in [0.25, 0.3) is 0 Å². The molecule has 2 aliphatic rings. The van der Waals surface area contributed by atoms with Gasteiger partial charge < -0.3 is 10.6 Å². The highest BCUT2D eigenvalue weighted by Crippen LogP contribution is 2.40. The first-order valence-electron chi connectivity index (χ1n) is 6.55. The Bertz CT molecular complexity index is 213. The van der Waals surface area contributed by atoms with E-state index in [-0.39, 0.29) is 0 Å². The van der Waals surface area contributed by atoms with Crippen LogP contribution in [0, 0.1) is 11.3 Å². The van der Waals surface area contributed by atoms with Crippen molar-refractivity contribution in [1.29, 1.82) is 0 Å². The van der Waals surface area contributed by atoms with E-state index >= 15 is 0 Å². The summed E-state index contributed by atoms with van der Waals surface area (Å²) in [4.78, 5) is 2.56. The summed E-state index contributed by atoms with van der Waals surface area (Å²) in [6.45, 7) is 4.51. The Labute approximate surface area is 94.2 Å². The molecule has 2 fully saturated rings. The Morgan fingerprint density at radius 2 is 2.07 bits per heavy atom. The minimum atomic E-state index is 0.439. The molecule has 2 aliphatic carbocycles. The monoisotopic (exact) mass is 210 g/mol. The van der Waals surface area contributed by atoms with Crippen LogP contribution in [0.25, 0.3) is 0 Å². The number of hydrogen-bond donors (Lipinski definition) is 1. The standard InChI is InChI=1S/C13H26N2/c1-11-4-3-7-13(8-11,9-14)10-15(2)12-5-6-12/h11-12H,3-10,14H2,1-2H3. The molecule has 2 N–H and O–H groups in total. The highest BCUT2D eigenvalue weighted by Gasteiger charge is 2.37. The number of nitrogens with two attached hydrogens (primary N) is 1. The molecule has 0 heterocycles. The van der Waals surface area contributed by atoms with Crippen LogP contribution in [0.15, 0.2) is 0 Å². The van der Waals surface area contributed by atoms with Crippen LogP contribution in [0.1, 0.15) is 45.4 Å². The van der Waals surface area contributed by atoms with Crippen molar-refractivity contribution in [1.82, 2.24) is 4.90 Å². The van der Waals surface area contributed by atoms with Crippen LogP contribution in [-0.2, 0) is 0 Å². The lowest BCUT2D eigenvalue weighted by Gasteiger charge is -2.42. The van der Waals surface area contributed by atoms with Gasteiger partial charge in [-0.25, -0.2) is 0 Å². The number of hydrogen-bond acceptors (Lipinski definition) is 2. The zero-order valence-corrected chi connectivity index (χ0v) is 10.3. The van der Waals surface area contributed by atoms with Gasteiger partial charge >= 0.3 is 0 Å². The predicted molar refractivity (Wildman–Crippen MR) is 64.8 cm³/mol. The maximum atomic E-state index is 6.04. The Balaban J connectivity index is 1.93. The minimum Gasteiger partial charge on any atom is -0.330 e. The lowest BCUT2D eigenvalue weighted by atomic mass is 9.70. The number of rotatable bonds is 4. The van der Waals surface area contributed by atoms with E-state index in [1.165, 1.54) is 45.1 Å². The van der Waals surface area contributed by atoms with E-state index in [0.717, 1.165) is 18.5 Å². The van der Waals surface area contributed by atoms with Crippen molar-refractivity contribution in [3.63, 3.8) is 0 Å². The van der Waals surface area contributed by atoms with E-state index in [2.05, 4.69) is 18.9 Å². The summed E-state index contributed by atoms with van der Waals surface area (Å²) in [6.07, 6.45) is 8.32. The summed E-state index contributed by atoms with van der Waals surface area (Å²) >= 11 is 0. The molecule has 0 aliphatic heterocycles. The Hall–Kier alpha value is -0.0800. The average molecular weight is 210 g/mol. The quantitative estimate of drug-likeness (QED) is 0.771.